The van der Waals surface area contributed by atoms with E-state index in [1.165, 1.54) is 17.0 Å². The number of aliphatic hydroxyl groups excluding tert-OH is 2. The van der Waals surface area contributed by atoms with Crippen molar-refractivity contribution in [2.75, 3.05) is 46.6 Å². The summed E-state index contributed by atoms with van der Waals surface area (Å²) in [6.45, 7) is 6.80. The van der Waals surface area contributed by atoms with Crippen LogP contribution in [0.15, 0.2) is 102 Å². The average Bonchev–Trinajstić information content (AvgIpc) is 3.30. The van der Waals surface area contributed by atoms with Crippen LogP contribution in [0, 0.1) is 27.9 Å². The molecule has 6 atom stereocenters. The van der Waals surface area contributed by atoms with E-state index in [9.17, 15) is 29.9 Å². The maximum atomic E-state index is 14.2. The molecule has 16 nitrogen and oxygen atoms in total. The van der Waals surface area contributed by atoms with Crippen molar-refractivity contribution in [3.63, 3.8) is 0 Å². The second-order valence-corrected chi connectivity index (χ2v) is 16.2. The van der Waals surface area contributed by atoms with Gasteiger partial charge in [-0.1, -0.05) is 60.5 Å². The number of amides is 2. The minimum absolute atomic E-state index is 0.01000. The van der Waals surface area contributed by atoms with E-state index in [0.29, 0.717) is 55.2 Å². The van der Waals surface area contributed by atoms with E-state index in [1.807, 2.05) is 36.4 Å². The fourth-order valence-electron chi connectivity index (χ4n) is 9.16. The Morgan fingerprint density at radius 3 is 2.44 bits per heavy atom. The van der Waals surface area contributed by atoms with Gasteiger partial charge in [-0.05, 0) is 91.5 Å². The molecular weight excluding hydrogens is 825 g/mol. The van der Waals surface area contributed by atoms with Crippen LogP contribution in [0.25, 0.3) is 0 Å². The molecule has 0 aromatic heterocycles. The van der Waals surface area contributed by atoms with Gasteiger partial charge in [0.25, 0.3) is 5.69 Å². The van der Waals surface area contributed by atoms with Crippen LogP contribution in [-0.4, -0.2) is 96.4 Å². The average molecular weight is 885 g/mol. The smallest absolute Gasteiger partial charge is 0.412 e. The molecule has 1 saturated carbocycles. The molecule has 0 saturated heterocycles. The van der Waals surface area contributed by atoms with Gasteiger partial charge in [-0.25, -0.2) is 9.59 Å². The maximum absolute atomic E-state index is 14.2. The summed E-state index contributed by atoms with van der Waals surface area (Å²) in [6.07, 6.45) is 6.84. The van der Waals surface area contributed by atoms with Crippen LogP contribution in [0.4, 0.5) is 15.3 Å². The number of carbonyl (C=O) groups excluding carboxylic acids is 2. The first-order valence-electron chi connectivity index (χ1n) is 22.0. The number of likely N-dealkylation sites (N-methyl/N-ethyl adjacent to an activating group) is 1. The van der Waals surface area contributed by atoms with Crippen LogP contribution in [0.2, 0.25) is 0 Å². The summed E-state index contributed by atoms with van der Waals surface area (Å²) in [5.41, 5.74) is 3.74. The number of oxime groups is 1. The minimum Gasteiger partial charge on any atom is -0.459 e. The number of nitrogens with zero attached hydrogens (tertiary/aromatic N) is 3. The van der Waals surface area contributed by atoms with E-state index in [1.54, 1.807) is 44.3 Å². The summed E-state index contributed by atoms with van der Waals surface area (Å²) >= 11 is 0. The summed E-state index contributed by atoms with van der Waals surface area (Å²) in [7, 11) is 1.64. The summed E-state index contributed by atoms with van der Waals surface area (Å²) < 4.78 is 31.4. The van der Waals surface area contributed by atoms with Crippen LogP contribution >= 0.6 is 0 Å². The highest BCUT2D eigenvalue weighted by atomic mass is 16.7. The van der Waals surface area contributed by atoms with Crippen molar-refractivity contribution in [2.45, 2.75) is 82.8 Å². The molecule has 0 radical (unpaired) electrons. The predicted octanol–water partition coefficient (Wildman–Crippen LogP) is 7.82. The molecule has 1 heterocycles. The van der Waals surface area contributed by atoms with Crippen molar-refractivity contribution < 1.29 is 53.2 Å². The number of benzene rings is 3. The molecule has 3 N–H and O–H groups in total. The number of non-ortho nitro benzene ring substituents is 1. The first kappa shape index (κ1) is 47.7. The number of hydrogen-bond acceptors (Lipinski definition) is 13. The highest BCUT2D eigenvalue weighted by molar-refractivity contribution is 6.03. The topological polar surface area (TPSA) is 201 Å². The third-order valence-corrected chi connectivity index (χ3v) is 12.0. The molecule has 3 aromatic rings. The van der Waals surface area contributed by atoms with Gasteiger partial charge >= 0.3 is 12.2 Å². The Hall–Kier alpha value is -5.81. The third kappa shape index (κ3) is 11.5. The number of nitro groups is 1. The van der Waals surface area contributed by atoms with E-state index in [2.05, 4.69) is 18.0 Å². The SMILES string of the molecule is C=CCOC12Oc3ccc(OC(=O)NCC)cc3C3C(CCCCO)C(CCCCO)C=C(C(=NOCc4ccc([N+](=O)[O-])cc4)CC1N(C)C(=O)OCCOCc1ccccc1)C32. The van der Waals surface area contributed by atoms with E-state index in [-0.39, 0.29) is 69.5 Å². The Morgan fingerprint density at radius 2 is 1.73 bits per heavy atom. The highest BCUT2D eigenvalue weighted by Gasteiger charge is 2.65. The molecule has 6 rings (SSSR count). The van der Waals surface area contributed by atoms with Crippen molar-refractivity contribution >= 4 is 23.6 Å². The van der Waals surface area contributed by atoms with Crippen molar-refractivity contribution in [3.05, 3.63) is 124 Å². The monoisotopic (exact) mass is 884 g/mol. The van der Waals surface area contributed by atoms with Gasteiger partial charge in [-0.15, -0.1) is 6.58 Å². The molecule has 1 fully saturated rings. The molecule has 344 valence electrons. The van der Waals surface area contributed by atoms with Gasteiger partial charge in [-0.3, -0.25) is 10.1 Å². The lowest BCUT2D eigenvalue weighted by Gasteiger charge is -2.59. The minimum atomic E-state index is -1.53. The number of nitro benzene ring substituents is 1. The Balaban J connectivity index is 1.45. The lowest BCUT2D eigenvalue weighted by atomic mass is 9.55. The number of allylic oxidation sites excluding steroid dienone is 1. The standard InChI is InChI=1S/C48H60N4O12/c1-4-25-61-48-43(51(3)47(56)60-27-26-59-31-33-13-7-6-8-14-33)30-41(50-62-32-34-17-19-36(20-18-34)52(57)58)39-28-35(15-9-11-23-53)38(16-10-12-24-54)44(45(39)48)40-29-37(21-22-42(40)64-48)63-46(55)49-5-2/h4,6-8,13-14,17-22,28-29,35,38,43-45,53-54H,1,5,9-12,15-16,23-27,30-32H2,2-3H3,(H,49,55). The van der Waals surface area contributed by atoms with Crippen LogP contribution in [0.5, 0.6) is 11.5 Å². The van der Waals surface area contributed by atoms with Crippen molar-refractivity contribution in [3.8, 4) is 11.5 Å². The van der Waals surface area contributed by atoms with Gasteiger partial charge in [-0.2, -0.15) is 0 Å². The number of aliphatic hydroxyl groups is 2. The highest BCUT2D eigenvalue weighted by Crippen LogP contribution is 2.61. The van der Waals surface area contributed by atoms with Crippen molar-refractivity contribution in [1.82, 2.24) is 10.2 Å². The van der Waals surface area contributed by atoms with Gasteiger partial charge in [0.2, 0.25) is 5.79 Å². The molecule has 0 spiro atoms. The van der Waals surface area contributed by atoms with Gasteiger partial charge in [0.05, 0.1) is 36.4 Å². The molecule has 3 aliphatic rings. The normalized spacial score (nSPS) is 22.5. The lowest BCUT2D eigenvalue weighted by molar-refractivity contribution is -0.384. The van der Waals surface area contributed by atoms with Crippen LogP contribution < -0.4 is 14.8 Å². The summed E-state index contributed by atoms with van der Waals surface area (Å²) in [5.74, 6) is -1.79. The molecular formula is C48H60N4O12. The molecule has 64 heavy (non-hydrogen) atoms. The van der Waals surface area contributed by atoms with E-state index in [4.69, 9.17) is 33.7 Å². The molecule has 6 unspecified atom stereocenters. The Labute approximate surface area is 374 Å². The largest absolute Gasteiger partial charge is 0.459 e. The maximum Gasteiger partial charge on any atom is 0.412 e. The number of hydrogen-bond donors (Lipinski definition) is 3. The van der Waals surface area contributed by atoms with E-state index < -0.39 is 34.9 Å². The zero-order valence-electron chi connectivity index (χ0n) is 36.6. The van der Waals surface area contributed by atoms with Crippen LogP contribution in [-0.2, 0) is 32.3 Å². The summed E-state index contributed by atoms with van der Waals surface area (Å²) in [6, 6.07) is 20.1. The summed E-state index contributed by atoms with van der Waals surface area (Å²) in [5, 5.41) is 38.5. The first-order chi connectivity index (χ1) is 31.1. The molecule has 1 aliphatic heterocycles. The Kier molecular flexibility index (Phi) is 17.3. The zero-order valence-corrected chi connectivity index (χ0v) is 36.6. The molecule has 0 bridgehead atoms. The molecule has 3 aromatic carbocycles. The molecule has 2 aliphatic carbocycles. The number of fused-ring (bicyclic) bond motifs is 2. The molecule has 16 heteroatoms. The van der Waals surface area contributed by atoms with Gasteiger partial charge < -0.3 is 49.0 Å². The van der Waals surface area contributed by atoms with E-state index in [0.717, 1.165) is 36.0 Å². The predicted molar refractivity (Wildman–Crippen MR) is 238 cm³/mol. The Bertz CT molecular complexity index is 2100. The number of unbranched alkanes of at least 4 members (excludes halogenated alkanes) is 2. The number of nitrogens with one attached hydrogen (secondary N) is 1. The third-order valence-electron chi connectivity index (χ3n) is 12.0. The second-order valence-electron chi connectivity index (χ2n) is 16.2. The second kappa shape index (κ2) is 23.2. The Morgan fingerprint density at radius 1 is 1.00 bits per heavy atom. The van der Waals surface area contributed by atoms with Gasteiger partial charge in [0.15, 0.2) is 0 Å². The summed E-state index contributed by atoms with van der Waals surface area (Å²) in [4.78, 5) is 45.3. The quantitative estimate of drug-likeness (QED) is 0.0361. The van der Waals surface area contributed by atoms with Crippen LogP contribution in [0.3, 0.4) is 0 Å². The van der Waals surface area contributed by atoms with Gasteiger partial charge in [0.1, 0.15) is 30.8 Å². The van der Waals surface area contributed by atoms with Crippen LogP contribution in [0.1, 0.15) is 74.5 Å². The zero-order chi connectivity index (χ0) is 45.5. The van der Waals surface area contributed by atoms with Crippen molar-refractivity contribution in [2.24, 2.45) is 22.9 Å². The molecule has 2 amide bonds. The fourth-order valence-corrected chi connectivity index (χ4v) is 9.16. The fraction of sp³-hybridized carbons (Fsp3) is 0.479. The number of carbonyl (C=O) groups is 2. The number of rotatable bonds is 23. The van der Waals surface area contributed by atoms with Crippen molar-refractivity contribution in [1.29, 1.82) is 0 Å². The van der Waals surface area contributed by atoms with Gasteiger partial charge in [0, 0.05) is 56.8 Å². The van der Waals surface area contributed by atoms with E-state index >= 15 is 0 Å². The lowest BCUT2D eigenvalue weighted by Crippen LogP contribution is -2.69. The number of ether oxygens (including phenoxy) is 5. The first-order valence-corrected chi connectivity index (χ1v) is 22.0.